The standard InChI is InChI=1S/C13H20N2O3S/c1-10(15-18-12-6-2-3-7-12)11-5-4-8-13(9-11)19(14,16)17/h4-5,8-10,12,15H,2-3,6-7H2,1H3,(H2,14,16,17). The number of primary sulfonamides is 1. The van der Waals surface area contributed by atoms with Crippen molar-refractivity contribution in [3.05, 3.63) is 29.8 Å². The van der Waals surface area contributed by atoms with Gasteiger partial charge in [0, 0.05) is 0 Å². The lowest BCUT2D eigenvalue weighted by atomic mass is 10.1. The van der Waals surface area contributed by atoms with Crippen LogP contribution in [0, 0.1) is 0 Å². The highest BCUT2D eigenvalue weighted by molar-refractivity contribution is 7.89. The van der Waals surface area contributed by atoms with E-state index in [9.17, 15) is 8.42 Å². The average molecular weight is 284 g/mol. The number of hydrogen-bond acceptors (Lipinski definition) is 4. The lowest BCUT2D eigenvalue weighted by molar-refractivity contribution is -0.0377. The Balaban J connectivity index is 2.00. The Bertz CT molecular complexity index is 524. The van der Waals surface area contributed by atoms with Gasteiger partial charge in [-0.05, 0) is 37.5 Å². The molecule has 6 heteroatoms. The van der Waals surface area contributed by atoms with Crippen LogP contribution < -0.4 is 10.6 Å². The molecule has 0 aliphatic heterocycles. The van der Waals surface area contributed by atoms with E-state index in [0.29, 0.717) is 0 Å². The van der Waals surface area contributed by atoms with E-state index in [2.05, 4.69) is 5.48 Å². The number of nitrogens with two attached hydrogens (primary N) is 1. The smallest absolute Gasteiger partial charge is 0.238 e. The van der Waals surface area contributed by atoms with Crippen molar-refractivity contribution in [2.24, 2.45) is 5.14 Å². The minimum absolute atomic E-state index is 0.0812. The van der Waals surface area contributed by atoms with Crippen molar-refractivity contribution < 1.29 is 13.3 Å². The van der Waals surface area contributed by atoms with E-state index in [-0.39, 0.29) is 17.0 Å². The molecule has 0 heterocycles. The zero-order valence-corrected chi connectivity index (χ0v) is 11.8. The second kappa shape index (κ2) is 6.00. The van der Waals surface area contributed by atoms with Crippen LogP contribution >= 0.6 is 0 Å². The van der Waals surface area contributed by atoms with Crippen molar-refractivity contribution in [2.45, 2.75) is 49.6 Å². The molecule has 3 N–H and O–H groups in total. The molecule has 0 saturated heterocycles. The number of nitrogens with one attached hydrogen (secondary N) is 1. The Labute approximate surface area is 114 Å². The third-order valence-electron chi connectivity index (χ3n) is 3.40. The van der Waals surface area contributed by atoms with Crippen molar-refractivity contribution in [1.29, 1.82) is 0 Å². The van der Waals surface area contributed by atoms with E-state index in [4.69, 9.17) is 9.98 Å². The molecule has 106 valence electrons. The molecule has 19 heavy (non-hydrogen) atoms. The zero-order valence-electron chi connectivity index (χ0n) is 11.0. The van der Waals surface area contributed by atoms with Gasteiger partial charge in [0.15, 0.2) is 0 Å². The third kappa shape index (κ3) is 4.01. The summed E-state index contributed by atoms with van der Waals surface area (Å²) in [5.41, 5.74) is 3.82. The lowest BCUT2D eigenvalue weighted by Crippen LogP contribution is -2.25. The molecule has 1 atom stereocenters. The molecule has 1 unspecified atom stereocenters. The Kier molecular flexibility index (Phi) is 4.57. The molecule has 1 aromatic carbocycles. The number of benzene rings is 1. The van der Waals surface area contributed by atoms with Gasteiger partial charge in [-0.2, -0.15) is 5.48 Å². The van der Waals surface area contributed by atoms with E-state index in [1.165, 1.54) is 18.9 Å². The van der Waals surface area contributed by atoms with Gasteiger partial charge in [-0.15, -0.1) is 0 Å². The van der Waals surface area contributed by atoms with Crippen LogP contribution in [0.5, 0.6) is 0 Å². The van der Waals surface area contributed by atoms with Crippen LogP contribution in [0.1, 0.15) is 44.2 Å². The number of sulfonamides is 1. The van der Waals surface area contributed by atoms with E-state index < -0.39 is 10.0 Å². The summed E-state index contributed by atoms with van der Waals surface area (Å²) in [4.78, 5) is 5.74. The monoisotopic (exact) mass is 284 g/mol. The topological polar surface area (TPSA) is 81.4 Å². The van der Waals surface area contributed by atoms with Gasteiger partial charge in [-0.1, -0.05) is 25.0 Å². The quantitative estimate of drug-likeness (QED) is 0.809. The predicted molar refractivity (Wildman–Crippen MR) is 72.7 cm³/mol. The molecule has 0 aromatic heterocycles. The predicted octanol–water partition coefficient (Wildman–Crippen LogP) is 1.86. The maximum atomic E-state index is 11.3. The van der Waals surface area contributed by atoms with Crippen molar-refractivity contribution in [3.8, 4) is 0 Å². The first-order valence-corrected chi connectivity index (χ1v) is 8.05. The van der Waals surface area contributed by atoms with Crippen molar-refractivity contribution in [3.63, 3.8) is 0 Å². The van der Waals surface area contributed by atoms with Gasteiger partial charge in [0.05, 0.1) is 17.0 Å². The van der Waals surface area contributed by atoms with Crippen LogP contribution in [0.3, 0.4) is 0 Å². The summed E-state index contributed by atoms with van der Waals surface area (Å²) in [5, 5.41) is 5.12. The summed E-state index contributed by atoms with van der Waals surface area (Å²) in [5.74, 6) is 0. The number of rotatable bonds is 5. The molecule has 1 aliphatic carbocycles. The van der Waals surface area contributed by atoms with E-state index in [1.807, 2.05) is 13.0 Å². The van der Waals surface area contributed by atoms with Crippen LogP contribution in [0.15, 0.2) is 29.2 Å². The highest BCUT2D eigenvalue weighted by Crippen LogP contribution is 2.22. The molecule has 1 saturated carbocycles. The Morgan fingerprint density at radius 3 is 2.68 bits per heavy atom. The summed E-state index contributed by atoms with van der Waals surface area (Å²) in [6, 6.07) is 6.52. The van der Waals surface area contributed by atoms with Gasteiger partial charge in [0.25, 0.3) is 0 Å². The summed E-state index contributed by atoms with van der Waals surface area (Å²) in [7, 11) is -3.66. The molecular weight excluding hydrogens is 264 g/mol. The maximum Gasteiger partial charge on any atom is 0.238 e. The summed E-state index contributed by atoms with van der Waals surface area (Å²) >= 11 is 0. The molecule has 0 spiro atoms. The van der Waals surface area contributed by atoms with Crippen LogP contribution in [0.4, 0.5) is 0 Å². The van der Waals surface area contributed by atoms with Crippen LogP contribution in [-0.4, -0.2) is 14.5 Å². The second-order valence-electron chi connectivity index (χ2n) is 4.98. The third-order valence-corrected chi connectivity index (χ3v) is 4.31. The molecule has 1 aromatic rings. The van der Waals surface area contributed by atoms with Gasteiger partial charge in [0.1, 0.15) is 0 Å². The van der Waals surface area contributed by atoms with E-state index in [0.717, 1.165) is 18.4 Å². The molecule has 2 rings (SSSR count). The minimum atomic E-state index is -3.66. The van der Waals surface area contributed by atoms with Gasteiger partial charge in [0.2, 0.25) is 10.0 Å². The van der Waals surface area contributed by atoms with Crippen molar-refractivity contribution >= 4 is 10.0 Å². The minimum Gasteiger partial charge on any atom is -0.298 e. The van der Waals surface area contributed by atoms with Crippen LogP contribution in [-0.2, 0) is 14.9 Å². The Morgan fingerprint density at radius 1 is 1.37 bits per heavy atom. The van der Waals surface area contributed by atoms with Crippen LogP contribution in [0.25, 0.3) is 0 Å². The second-order valence-corrected chi connectivity index (χ2v) is 6.54. The molecular formula is C13H20N2O3S. The molecule has 0 radical (unpaired) electrons. The van der Waals surface area contributed by atoms with E-state index in [1.54, 1.807) is 12.1 Å². The fourth-order valence-electron chi connectivity index (χ4n) is 2.23. The molecule has 0 amide bonds. The summed E-state index contributed by atoms with van der Waals surface area (Å²) in [6.45, 7) is 1.93. The normalized spacial score (nSPS) is 18.6. The fraction of sp³-hybridized carbons (Fsp3) is 0.538. The Morgan fingerprint density at radius 2 is 2.05 bits per heavy atom. The largest absolute Gasteiger partial charge is 0.298 e. The summed E-state index contributed by atoms with van der Waals surface area (Å²) in [6.07, 6.45) is 4.85. The molecule has 1 aliphatic rings. The lowest BCUT2D eigenvalue weighted by Gasteiger charge is -2.18. The van der Waals surface area contributed by atoms with Crippen molar-refractivity contribution in [2.75, 3.05) is 0 Å². The summed E-state index contributed by atoms with van der Waals surface area (Å²) < 4.78 is 22.6. The fourth-order valence-corrected chi connectivity index (χ4v) is 2.80. The number of hydrogen-bond donors (Lipinski definition) is 2. The first-order chi connectivity index (χ1) is 8.97. The molecule has 0 bridgehead atoms. The highest BCUT2D eigenvalue weighted by atomic mass is 32.2. The van der Waals surface area contributed by atoms with Gasteiger partial charge >= 0.3 is 0 Å². The van der Waals surface area contributed by atoms with Gasteiger partial charge < -0.3 is 0 Å². The maximum absolute atomic E-state index is 11.3. The molecule has 5 nitrogen and oxygen atoms in total. The SMILES string of the molecule is CC(NOC1CCCC1)c1cccc(S(N)(=O)=O)c1. The van der Waals surface area contributed by atoms with Crippen molar-refractivity contribution in [1.82, 2.24) is 5.48 Å². The van der Waals surface area contributed by atoms with Gasteiger partial charge in [-0.25, -0.2) is 13.6 Å². The van der Waals surface area contributed by atoms with Gasteiger partial charge in [-0.3, -0.25) is 4.84 Å². The van der Waals surface area contributed by atoms with Crippen LogP contribution in [0.2, 0.25) is 0 Å². The van der Waals surface area contributed by atoms with E-state index >= 15 is 0 Å². The highest BCUT2D eigenvalue weighted by Gasteiger charge is 2.17. The zero-order chi connectivity index (χ0) is 13.9. The average Bonchev–Trinajstić information content (AvgIpc) is 2.88. The first kappa shape index (κ1) is 14.5. The molecule has 1 fully saturated rings. The first-order valence-electron chi connectivity index (χ1n) is 6.51. The number of hydroxylamine groups is 1. The Hall–Kier alpha value is -0.950.